The van der Waals surface area contributed by atoms with E-state index in [-0.39, 0.29) is 5.91 Å². The first-order chi connectivity index (χ1) is 10.2. The van der Waals surface area contributed by atoms with E-state index in [1.54, 1.807) is 6.08 Å². The Balaban J connectivity index is 2.77. The van der Waals surface area contributed by atoms with Crippen LogP contribution in [0.3, 0.4) is 0 Å². The molecule has 0 atom stereocenters. The van der Waals surface area contributed by atoms with Crippen LogP contribution in [0, 0.1) is 0 Å². The van der Waals surface area contributed by atoms with Crippen LogP contribution in [0.2, 0.25) is 0 Å². The third-order valence-corrected chi connectivity index (χ3v) is 2.71. The van der Waals surface area contributed by atoms with Gasteiger partial charge in [-0.25, -0.2) is 0 Å². The molecule has 0 aliphatic rings. The number of rotatable bonds is 9. The van der Waals surface area contributed by atoms with Crippen molar-refractivity contribution in [2.75, 3.05) is 19.8 Å². The van der Waals surface area contributed by atoms with Gasteiger partial charge in [0.25, 0.3) is 0 Å². The van der Waals surface area contributed by atoms with Gasteiger partial charge in [0.15, 0.2) is 11.5 Å². The standard InChI is InChI=1S/C17H25NO3/c1-4-11-18-17(19)10-8-14-7-9-15(21-12-5-2)16(13-14)20-6-3/h7-10,13H,4-6,11-12H2,1-3H3,(H,18,19)/b10-8+. The Morgan fingerprint density at radius 1 is 1.14 bits per heavy atom. The van der Waals surface area contributed by atoms with Crippen molar-refractivity contribution in [3.8, 4) is 11.5 Å². The summed E-state index contributed by atoms with van der Waals surface area (Å²) in [6, 6.07) is 5.68. The zero-order chi connectivity index (χ0) is 15.5. The first kappa shape index (κ1) is 17.1. The predicted octanol–water partition coefficient (Wildman–Crippen LogP) is 3.41. The third-order valence-electron chi connectivity index (χ3n) is 2.71. The second kappa shape index (κ2) is 9.86. The molecule has 4 nitrogen and oxygen atoms in total. The molecule has 0 spiro atoms. The van der Waals surface area contributed by atoms with Gasteiger partial charge in [-0.1, -0.05) is 19.9 Å². The Morgan fingerprint density at radius 3 is 2.62 bits per heavy atom. The van der Waals surface area contributed by atoms with Gasteiger partial charge in [-0.2, -0.15) is 0 Å². The Hall–Kier alpha value is -1.97. The maximum atomic E-state index is 11.5. The van der Waals surface area contributed by atoms with Crippen molar-refractivity contribution in [3.05, 3.63) is 29.8 Å². The van der Waals surface area contributed by atoms with E-state index in [1.165, 1.54) is 6.08 Å². The quantitative estimate of drug-likeness (QED) is 0.709. The Kier molecular flexibility index (Phi) is 8.02. The first-order valence-corrected chi connectivity index (χ1v) is 7.56. The van der Waals surface area contributed by atoms with Crippen molar-refractivity contribution in [2.24, 2.45) is 0 Å². The summed E-state index contributed by atoms with van der Waals surface area (Å²) < 4.78 is 11.2. The van der Waals surface area contributed by atoms with Gasteiger partial charge in [0.05, 0.1) is 13.2 Å². The highest BCUT2D eigenvalue weighted by atomic mass is 16.5. The number of benzene rings is 1. The summed E-state index contributed by atoms with van der Waals surface area (Å²) in [7, 11) is 0. The van der Waals surface area contributed by atoms with E-state index in [1.807, 2.05) is 32.0 Å². The van der Waals surface area contributed by atoms with Gasteiger partial charge in [-0.05, 0) is 43.5 Å². The summed E-state index contributed by atoms with van der Waals surface area (Å²) in [5.41, 5.74) is 0.911. The number of ether oxygens (including phenoxy) is 2. The van der Waals surface area contributed by atoms with E-state index in [0.29, 0.717) is 25.5 Å². The lowest BCUT2D eigenvalue weighted by Gasteiger charge is -2.12. The highest BCUT2D eigenvalue weighted by Gasteiger charge is 2.05. The van der Waals surface area contributed by atoms with Gasteiger partial charge in [0.1, 0.15) is 0 Å². The zero-order valence-corrected chi connectivity index (χ0v) is 13.1. The molecule has 21 heavy (non-hydrogen) atoms. The summed E-state index contributed by atoms with van der Waals surface area (Å²) in [6.07, 6.45) is 5.19. The SMILES string of the molecule is CCCNC(=O)/C=C/c1ccc(OCCC)c(OCC)c1. The van der Waals surface area contributed by atoms with E-state index in [0.717, 1.165) is 24.2 Å². The summed E-state index contributed by atoms with van der Waals surface area (Å²) >= 11 is 0. The van der Waals surface area contributed by atoms with Crippen LogP contribution >= 0.6 is 0 Å². The maximum absolute atomic E-state index is 11.5. The molecule has 0 aromatic heterocycles. The van der Waals surface area contributed by atoms with Crippen LogP contribution in [-0.4, -0.2) is 25.7 Å². The molecule has 0 saturated carbocycles. The lowest BCUT2D eigenvalue weighted by atomic mass is 10.2. The summed E-state index contributed by atoms with van der Waals surface area (Å²) in [4.78, 5) is 11.5. The van der Waals surface area contributed by atoms with E-state index < -0.39 is 0 Å². The normalized spacial score (nSPS) is 10.6. The van der Waals surface area contributed by atoms with Crippen molar-refractivity contribution >= 4 is 12.0 Å². The van der Waals surface area contributed by atoms with E-state index >= 15 is 0 Å². The summed E-state index contributed by atoms with van der Waals surface area (Å²) in [6.45, 7) is 7.95. The average molecular weight is 291 g/mol. The van der Waals surface area contributed by atoms with Gasteiger partial charge in [-0.15, -0.1) is 0 Å². The van der Waals surface area contributed by atoms with Crippen molar-refractivity contribution in [1.29, 1.82) is 0 Å². The molecular formula is C17H25NO3. The topological polar surface area (TPSA) is 47.6 Å². The molecule has 0 heterocycles. The molecule has 1 amide bonds. The molecule has 1 N–H and O–H groups in total. The predicted molar refractivity (Wildman–Crippen MR) is 85.7 cm³/mol. The van der Waals surface area contributed by atoms with Gasteiger partial charge in [0.2, 0.25) is 5.91 Å². The molecule has 1 rings (SSSR count). The number of carbonyl (C=O) groups excluding carboxylic acids is 1. The van der Waals surface area contributed by atoms with Crippen LogP contribution < -0.4 is 14.8 Å². The van der Waals surface area contributed by atoms with Crippen LogP contribution in [0.1, 0.15) is 39.2 Å². The molecule has 116 valence electrons. The summed E-state index contributed by atoms with van der Waals surface area (Å²) in [5.74, 6) is 1.37. The molecule has 0 bridgehead atoms. The fourth-order valence-corrected chi connectivity index (χ4v) is 1.71. The lowest BCUT2D eigenvalue weighted by molar-refractivity contribution is -0.116. The lowest BCUT2D eigenvalue weighted by Crippen LogP contribution is -2.21. The van der Waals surface area contributed by atoms with E-state index in [2.05, 4.69) is 12.2 Å². The van der Waals surface area contributed by atoms with Gasteiger partial charge in [-0.3, -0.25) is 4.79 Å². The Labute approximate surface area is 127 Å². The molecule has 0 aliphatic carbocycles. The van der Waals surface area contributed by atoms with Crippen LogP contribution in [0.5, 0.6) is 11.5 Å². The van der Waals surface area contributed by atoms with Crippen LogP contribution in [0.25, 0.3) is 6.08 Å². The second-order valence-electron chi connectivity index (χ2n) is 4.61. The van der Waals surface area contributed by atoms with Gasteiger partial charge in [0, 0.05) is 12.6 Å². The smallest absolute Gasteiger partial charge is 0.243 e. The van der Waals surface area contributed by atoms with Crippen molar-refractivity contribution in [3.63, 3.8) is 0 Å². The monoisotopic (exact) mass is 291 g/mol. The molecule has 1 aromatic rings. The minimum atomic E-state index is -0.0823. The largest absolute Gasteiger partial charge is 0.490 e. The zero-order valence-electron chi connectivity index (χ0n) is 13.1. The van der Waals surface area contributed by atoms with E-state index in [4.69, 9.17) is 9.47 Å². The molecule has 0 saturated heterocycles. The number of hydrogen-bond donors (Lipinski definition) is 1. The fraction of sp³-hybridized carbons (Fsp3) is 0.471. The van der Waals surface area contributed by atoms with Gasteiger partial charge < -0.3 is 14.8 Å². The number of carbonyl (C=O) groups is 1. The maximum Gasteiger partial charge on any atom is 0.243 e. The molecular weight excluding hydrogens is 266 g/mol. The highest BCUT2D eigenvalue weighted by Crippen LogP contribution is 2.29. The van der Waals surface area contributed by atoms with Crippen molar-refractivity contribution in [1.82, 2.24) is 5.32 Å². The second-order valence-corrected chi connectivity index (χ2v) is 4.61. The number of hydrogen-bond acceptors (Lipinski definition) is 3. The Morgan fingerprint density at radius 2 is 1.95 bits per heavy atom. The fourth-order valence-electron chi connectivity index (χ4n) is 1.71. The van der Waals surface area contributed by atoms with Crippen molar-refractivity contribution < 1.29 is 14.3 Å². The molecule has 0 unspecified atom stereocenters. The number of amides is 1. The molecule has 4 heteroatoms. The first-order valence-electron chi connectivity index (χ1n) is 7.56. The minimum Gasteiger partial charge on any atom is -0.490 e. The summed E-state index contributed by atoms with van der Waals surface area (Å²) in [5, 5.41) is 2.80. The van der Waals surface area contributed by atoms with E-state index in [9.17, 15) is 4.79 Å². The number of nitrogens with one attached hydrogen (secondary N) is 1. The highest BCUT2D eigenvalue weighted by molar-refractivity contribution is 5.91. The van der Waals surface area contributed by atoms with Crippen LogP contribution in [-0.2, 0) is 4.79 Å². The third kappa shape index (κ3) is 6.34. The van der Waals surface area contributed by atoms with Crippen LogP contribution in [0.4, 0.5) is 0 Å². The molecule has 0 aliphatic heterocycles. The molecule has 0 fully saturated rings. The molecule has 1 aromatic carbocycles. The van der Waals surface area contributed by atoms with Crippen LogP contribution in [0.15, 0.2) is 24.3 Å². The van der Waals surface area contributed by atoms with Crippen molar-refractivity contribution in [2.45, 2.75) is 33.6 Å². The minimum absolute atomic E-state index is 0.0823. The molecule has 0 radical (unpaired) electrons. The Bertz CT molecular complexity index is 469. The average Bonchev–Trinajstić information content (AvgIpc) is 2.50. The van der Waals surface area contributed by atoms with Gasteiger partial charge >= 0.3 is 0 Å².